The maximum atomic E-state index is 3.57. The smallest absolute Gasteiger partial charge is 0.0491 e. The molecule has 2 aliphatic carbocycles. The summed E-state index contributed by atoms with van der Waals surface area (Å²) in [7, 11) is 3.04. The van der Waals surface area contributed by atoms with Gasteiger partial charge >= 0.3 is 0 Å². The number of rotatable bonds is 7. The number of allylic oxidation sites excluding steroid dienone is 8. The first-order valence-corrected chi connectivity index (χ1v) is 10.4. The van der Waals surface area contributed by atoms with Crippen LogP contribution >= 0.6 is 9.24 Å². The van der Waals surface area contributed by atoms with Gasteiger partial charge in [-0.05, 0) is 48.9 Å². The van der Waals surface area contributed by atoms with Gasteiger partial charge in [0.15, 0.2) is 0 Å². The summed E-state index contributed by atoms with van der Waals surface area (Å²) < 4.78 is 0. The van der Waals surface area contributed by atoms with Gasteiger partial charge in [0, 0.05) is 11.3 Å². The van der Waals surface area contributed by atoms with E-state index in [9.17, 15) is 0 Å². The van der Waals surface area contributed by atoms with Crippen LogP contribution in [0, 0.1) is 23.7 Å². The molecule has 26 heavy (non-hydrogen) atoms. The van der Waals surface area contributed by atoms with Crippen molar-refractivity contribution in [3.8, 4) is 11.8 Å². The molecule has 0 spiro atoms. The topological polar surface area (TPSA) is 0 Å². The summed E-state index contributed by atoms with van der Waals surface area (Å²) >= 11 is 0. The summed E-state index contributed by atoms with van der Waals surface area (Å²) in [5.74, 6) is 7.53. The monoisotopic (exact) mass is 360 g/mol. The van der Waals surface area contributed by atoms with Crippen molar-refractivity contribution in [3.63, 3.8) is 0 Å². The molecule has 5 unspecified atom stereocenters. The predicted octanol–water partition coefficient (Wildman–Crippen LogP) is 6.24. The van der Waals surface area contributed by atoms with Crippen LogP contribution in [0.5, 0.6) is 0 Å². The molecule has 0 bridgehead atoms. The standard InChI is InChI=1S/C25H29P/c1-2-24(26)19-20-25(22-15-9-5-10-16-22,23-17-11-6-12-18-23)21-13-7-3-4-8-14-21/h3-7,9-13,15-17,21,23-24H,2,18-20,26H2,1H3. The van der Waals surface area contributed by atoms with Gasteiger partial charge in [0.25, 0.3) is 0 Å². The van der Waals surface area contributed by atoms with Crippen molar-refractivity contribution < 1.29 is 0 Å². The Bertz CT molecular complexity index is 756. The Morgan fingerprint density at radius 3 is 2.65 bits per heavy atom. The second-order valence-electron chi connectivity index (χ2n) is 7.28. The maximum absolute atomic E-state index is 3.57. The molecule has 0 radical (unpaired) electrons. The molecule has 134 valence electrons. The highest BCUT2D eigenvalue weighted by Gasteiger charge is 2.44. The molecule has 0 nitrogen and oxygen atoms in total. The van der Waals surface area contributed by atoms with E-state index < -0.39 is 0 Å². The molecule has 0 N–H and O–H groups in total. The summed E-state index contributed by atoms with van der Waals surface area (Å²) in [4.78, 5) is 0. The summed E-state index contributed by atoms with van der Waals surface area (Å²) in [6, 6.07) is 11.1. The molecule has 0 aromatic heterocycles. The first-order chi connectivity index (χ1) is 12.8. The lowest BCUT2D eigenvalue weighted by molar-refractivity contribution is 0.246. The van der Waals surface area contributed by atoms with E-state index in [-0.39, 0.29) is 11.3 Å². The van der Waals surface area contributed by atoms with Crippen LogP contribution in [0.1, 0.15) is 38.2 Å². The van der Waals surface area contributed by atoms with Crippen molar-refractivity contribution in [2.45, 2.75) is 43.7 Å². The normalized spacial score (nSPS) is 24.4. The van der Waals surface area contributed by atoms with Crippen LogP contribution < -0.4 is 0 Å². The van der Waals surface area contributed by atoms with Gasteiger partial charge in [-0.15, -0.1) is 9.24 Å². The zero-order valence-electron chi connectivity index (χ0n) is 15.6. The molecule has 1 heteroatoms. The molecule has 0 heterocycles. The molecule has 1 aromatic rings. The summed E-state index contributed by atoms with van der Waals surface area (Å²) in [5, 5.41) is 0. The highest BCUT2D eigenvalue weighted by Crippen LogP contribution is 2.48. The molecule has 0 amide bonds. The van der Waals surface area contributed by atoms with E-state index in [1.165, 1.54) is 18.4 Å². The van der Waals surface area contributed by atoms with Crippen LogP contribution in [0.4, 0.5) is 0 Å². The highest BCUT2D eigenvalue weighted by molar-refractivity contribution is 7.17. The van der Waals surface area contributed by atoms with Crippen molar-refractivity contribution in [1.82, 2.24) is 0 Å². The first-order valence-electron chi connectivity index (χ1n) is 9.76. The quantitative estimate of drug-likeness (QED) is 0.399. The number of hydrogen-bond donors (Lipinski definition) is 0. The number of benzene rings is 1. The van der Waals surface area contributed by atoms with Crippen LogP contribution in [0.25, 0.3) is 0 Å². The Kier molecular flexibility index (Phi) is 6.71. The van der Waals surface area contributed by atoms with Gasteiger partial charge in [-0.25, -0.2) is 0 Å². The van der Waals surface area contributed by atoms with E-state index in [4.69, 9.17) is 0 Å². The molecule has 0 fully saturated rings. The Balaban J connectivity index is 2.10. The zero-order valence-corrected chi connectivity index (χ0v) is 16.8. The minimum absolute atomic E-state index is 0.00201. The Morgan fingerprint density at radius 2 is 1.92 bits per heavy atom. The second kappa shape index (κ2) is 9.21. The first kappa shape index (κ1) is 18.9. The van der Waals surface area contributed by atoms with Gasteiger partial charge in [0.2, 0.25) is 0 Å². The Hall–Kier alpha value is -1.83. The van der Waals surface area contributed by atoms with Crippen molar-refractivity contribution in [2.24, 2.45) is 11.8 Å². The van der Waals surface area contributed by atoms with E-state index >= 15 is 0 Å². The van der Waals surface area contributed by atoms with Crippen molar-refractivity contribution in [2.75, 3.05) is 0 Å². The molecular weight excluding hydrogens is 331 g/mol. The fraction of sp³-hybridized carbons (Fsp3) is 0.360. The van der Waals surface area contributed by atoms with Gasteiger partial charge in [-0.3, -0.25) is 0 Å². The molecule has 1 aromatic carbocycles. The third-order valence-electron chi connectivity index (χ3n) is 5.79. The van der Waals surface area contributed by atoms with Crippen LogP contribution in [0.3, 0.4) is 0 Å². The van der Waals surface area contributed by atoms with E-state index in [1.54, 1.807) is 0 Å². The van der Waals surface area contributed by atoms with Crippen LogP contribution in [0.2, 0.25) is 0 Å². The molecular formula is C25H29P. The molecule has 3 rings (SSSR count). The predicted molar refractivity (Wildman–Crippen MR) is 117 cm³/mol. The lowest BCUT2D eigenvalue weighted by atomic mass is 9.58. The molecule has 0 saturated heterocycles. The van der Waals surface area contributed by atoms with E-state index in [1.807, 2.05) is 6.08 Å². The SMILES string of the molecule is CCC(P)CCC(c1ccccc1)(C1C#CC=CC=C1)C1C=CC=CC1. The van der Waals surface area contributed by atoms with Gasteiger partial charge in [0.05, 0.1) is 0 Å². The van der Waals surface area contributed by atoms with Crippen LogP contribution in [-0.4, -0.2) is 5.66 Å². The van der Waals surface area contributed by atoms with Gasteiger partial charge in [-0.2, -0.15) is 0 Å². The average molecular weight is 360 g/mol. The van der Waals surface area contributed by atoms with E-state index in [0.717, 1.165) is 12.8 Å². The fourth-order valence-electron chi connectivity index (χ4n) is 4.21. The average Bonchev–Trinajstić information content (AvgIpc) is 3.00. The largest absolute Gasteiger partial charge is 0.134 e. The van der Waals surface area contributed by atoms with Crippen molar-refractivity contribution in [3.05, 3.63) is 84.5 Å². The Morgan fingerprint density at radius 1 is 1.12 bits per heavy atom. The lowest BCUT2D eigenvalue weighted by Gasteiger charge is -2.44. The van der Waals surface area contributed by atoms with Crippen molar-refractivity contribution >= 4 is 9.24 Å². The number of hydrogen-bond acceptors (Lipinski definition) is 0. The van der Waals surface area contributed by atoms with E-state index in [0.29, 0.717) is 11.6 Å². The maximum Gasteiger partial charge on any atom is 0.0491 e. The zero-order chi connectivity index (χ0) is 18.2. The second-order valence-corrected chi connectivity index (χ2v) is 8.22. The summed E-state index contributed by atoms with van der Waals surface area (Å²) in [6.07, 6.45) is 22.2. The highest BCUT2D eigenvalue weighted by atomic mass is 31.0. The fourth-order valence-corrected chi connectivity index (χ4v) is 4.38. The third-order valence-corrected chi connectivity index (χ3v) is 6.60. The van der Waals surface area contributed by atoms with Gasteiger partial charge in [-0.1, -0.05) is 91.6 Å². The molecule has 0 saturated carbocycles. The summed E-state index contributed by atoms with van der Waals surface area (Å²) in [6.45, 7) is 2.28. The Labute approximate surface area is 161 Å². The summed E-state index contributed by atoms with van der Waals surface area (Å²) in [5.41, 5.74) is 2.08. The minimum atomic E-state index is 0.00201. The van der Waals surface area contributed by atoms with Gasteiger partial charge < -0.3 is 0 Å². The van der Waals surface area contributed by atoms with Crippen molar-refractivity contribution in [1.29, 1.82) is 0 Å². The van der Waals surface area contributed by atoms with Gasteiger partial charge in [0.1, 0.15) is 0 Å². The van der Waals surface area contributed by atoms with Crippen LogP contribution in [0.15, 0.2) is 78.9 Å². The molecule has 0 aliphatic heterocycles. The molecule has 2 aliphatic rings. The minimum Gasteiger partial charge on any atom is -0.134 e. The van der Waals surface area contributed by atoms with E-state index in [2.05, 4.69) is 101 Å². The third kappa shape index (κ3) is 4.11. The lowest BCUT2D eigenvalue weighted by Crippen LogP contribution is -2.41. The van der Waals surface area contributed by atoms with Crippen LogP contribution in [-0.2, 0) is 5.41 Å². The molecule has 5 atom stereocenters.